The highest BCUT2D eigenvalue weighted by atomic mass is 16.5. The van der Waals surface area contributed by atoms with Gasteiger partial charge >= 0.3 is 0 Å². The number of piperidine rings is 1. The lowest BCUT2D eigenvalue weighted by molar-refractivity contribution is 0.0794. The molecule has 1 heterocycles. The summed E-state index contributed by atoms with van der Waals surface area (Å²) in [6.07, 6.45) is 8.23. The number of ether oxygens (including phenoxy) is 1. The summed E-state index contributed by atoms with van der Waals surface area (Å²) < 4.78 is 5.34. The summed E-state index contributed by atoms with van der Waals surface area (Å²) in [6.45, 7) is 1.95. The van der Waals surface area contributed by atoms with Crippen LogP contribution in [0.1, 0.15) is 48.8 Å². The van der Waals surface area contributed by atoms with Gasteiger partial charge in [0.05, 0.1) is 6.61 Å². The predicted molar refractivity (Wildman–Crippen MR) is 80.9 cm³/mol. The Morgan fingerprint density at radius 2 is 2.25 bits per heavy atom. The van der Waals surface area contributed by atoms with Gasteiger partial charge in [-0.05, 0) is 54.8 Å². The molecule has 0 spiro atoms. The van der Waals surface area contributed by atoms with Crippen molar-refractivity contribution in [3.8, 4) is 0 Å². The summed E-state index contributed by atoms with van der Waals surface area (Å²) >= 11 is 0. The minimum atomic E-state index is 0.478. The van der Waals surface area contributed by atoms with Crippen LogP contribution in [0.3, 0.4) is 0 Å². The van der Waals surface area contributed by atoms with Crippen LogP contribution in [0.25, 0.3) is 0 Å². The second kappa shape index (κ2) is 4.85. The number of benzene rings is 1. The van der Waals surface area contributed by atoms with E-state index in [1.807, 2.05) is 0 Å². The number of nitrogens with one attached hydrogen (secondary N) is 1. The first-order chi connectivity index (χ1) is 9.83. The molecule has 1 N–H and O–H groups in total. The van der Waals surface area contributed by atoms with E-state index < -0.39 is 0 Å². The largest absolute Gasteiger partial charge is 0.380 e. The van der Waals surface area contributed by atoms with Crippen molar-refractivity contribution < 1.29 is 4.74 Å². The van der Waals surface area contributed by atoms with E-state index in [4.69, 9.17) is 4.74 Å². The van der Waals surface area contributed by atoms with Crippen molar-refractivity contribution in [3.63, 3.8) is 0 Å². The van der Waals surface area contributed by atoms with E-state index in [-0.39, 0.29) is 0 Å². The van der Waals surface area contributed by atoms with Gasteiger partial charge in [-0.2, -0.15) is 0 Å². The Balaban J connectivity index is 1.83. The Labute approximate surface area is 121 Å². The van der Waals surface area contributed by atoms with Gasteiger partial charge in [-0.3, -0.25) is 0 Å². The molecule has 1 saturated carbocycles. The van der Waals surface area contributed by atoms with Crippen LogP contribution < -0.4 is 5.32 Å². The van der Waals surface area contributed by atoms with Crippen LogP contribution in [0.2, 0.25) is 0 Å². The van der Waals surface area contributed by atoms with Crippen LogP contribution in [-0.4, -0.2) is 19.7 Å². The fraction of sp³-hybridized carbons (Fsp3) is 0.667. The molecule has 108 valence electrons. The third-order valence-corrected chi connectivity index (χ3v) is 6.02. The molecule has 1 saturated heterocycles. The quantitative estimate of drug-likeness (QED) is 0.892. The standard InChI is InChI=1S/C18H25NO/c1-20-12-13-5-6-14-11-17-15-4-2-3-7-18(15,8-9-19-17)16(14)10-13/h5-6,10,15,17,19H,2-4,7-9,11-12H2,1H3. The molecule has 4 rings (SSSR count). The van der Waals surface area contributed by atoms with E-state index in [9.17, 15) is 0 Å². The summed E-state index contributed by atoms with van der Waals surface area (Å²) in [5, 5.41) is 3.80. The number of fused-ring (bicyclic) bond motifs is 1. The summed E-state index contributed by atoms with van der Waals surface area (Å²) in [5.41, 5.74) is 5.10. The molecule has 1 aliphatic heterocycles. The molecule has 2 heteroatoms. The minimum Gasteiger partial charge on any atom is -0.380 e. The van der Waals surface area contributed by atoms with Gasteiger partial charge in [0.15, 0.2) is 0 Å². The number of hydrogen-bond acceptors (Lipinski definition) is 2. The minimum absolute atomic E-state index is 0.478. The smallest absolute Gasteiger partial charge is 0.0713 e. The van der Waals surface area contributed by atoms with Crippen LogP contribution in [0.4, 0.5) is 0 Å². The van der Waals surface area contributed by atoms with Crippen LogP contribution in [-0.2, 0) is 23.2 Å². The van der Waals surface area contributed by atoms with Gasteiger partial charge in [0.25, 0.3) is 0 Å². The zero-order valence-electron chi connectivity index (χ0n) is 12.5. The van der Waals surface area contributed by atoms with Gasteiger partial charge in [0.1, 0.15) is 0 Å². The highest BCUT2D eigenvalue weighted by Gasteiger charge is 2.51. The van der Waals surface area contributed by atoms with Crippen molar-refractivity contribution in [2.45, 2.75) is 56.6 Å². The van der Waals surface area contributed by atoms with Crippen molar-refractivity contribution >= 4 is 0 Å². The molecule has 0 amide bonds. The van der Waals surface area contributed by atoms with Crippen molar-refractivity contribution in [1.29, 1.82) is 0 Å². The van der Waals surface area contributed by atoms with Gasteiger partial charge < -0.3 is 10.1 Å². The zero-order valence-corrected chi connectivity index (χ0v) is 12.5. The molecule has 3 unspecified atom stereocenters. The first kappa shape index (κ1) is 12.8. The summed E-state index contributed by atoms with van der Waals surface area (Å²) in [6, 6.07) is 7.83. The molecule has 3 aliphatic rings. The summed E-state index contributed by atoms with van der Waals surface area (Å²) in [4.78, 5) is 0. The van der Waals surface area contributed by atoms with Gasteiger partial charge in [-0.25, -0.2) is 0 Å². The van der Waals surface area contributed by atoms with Crippen LogP contribution >= 0.6 is 0 Å². The van der Waals surface area contributed by atoms with E-state index in [2.05, 4.69) is 23.5 Å². The molecule has 2 nitrogen and oxygen atoms in total. The molecule has 0 aromatic heterocycles. The number of methoxy groups -OCH3 is 1. The average Bonchev–Trinajstić information content (AvgIpc) is 2.48. The fourth-order valence-corrected chi connectivity index (χ4v) is 5.23. The van der Waals surface area contributed by atoms with E-state index >= 15 is 0 Å². The Bertz CT molecular complexity index is 508. The fourth-order valence-electron chi connectivity index (χ4n) is 5.23. The molecule has 20 heavy (non-hydrogen) atoms. The average molecular weight is 271 g/mol. The van der Waals surface area contributed by atoms with Gasteiger partial charge in [-0.1, -0.05) is 31.0 Å². The lowest BCUT2D eigenvalue weighted by Gasteiger charge is -2.56. The van der Waals surface area contributed by atoms with Crippen LogP contribution in [0.15, 0.2) is 18.2 Å². The van der Waals surface area contributed by atoms with Crippen molar-refractivity contribution in [1.82, 2.24) is 5.32 Å². The Morgan fingerprint density at radius 1 is 1.30 bits per heavy atom. The maximum atomic E-state index is 5.34. The first-order valence-electron chi connectivity index (χ1n) is 8.18. The SMILES string of the molecule is COCc1ccc2c(c1)C13CCCCC1C(C2)NCC3. The lowest BCUT2D eigenvalue weighted by atomic mass is 9.52. The normalized spacial score (nSPS) is 35.2. The molecular weight excluding hydrogens is 246 g/mol. The monoisotopic (exact) mass is 271 g/mol. The number of rotatable bonds is 2. The first-order valence-corrected chi connectivity index (χ1v) is 8.18. The molecule has 2 fully saturated rings. The molecule has 1 aromatic rings. The third kappa shape index (κ3) is 1.78. The highest BCUT2D eigenvalue weighted by Crippen LogP contribution is 2.53. The Kier molecular flexibility index (Phi) is 3.12. The molecule has 2 bridgehead atoms. The van der Waals surface area contributed by atoms with E-state index in [0.29, 0.717) is 5.41 Å². The lowest BCUT2D eigenvalue weighted by Crippen LogP contribution is -2.59. The Morgan fingerprint density at radius 3 is 3.15 bits per heavy atom. The molecule has 1 aromatic carbocycles. The second-order valence-electron chi connectivity index (χ2n) is 6.95. The molecule has 3 atom stereocenters. The van der Waals surface area contributed by atoms with E-state index in [1.165, 1.54) is 50.6 Å². The van der Waals surface area contributed by atoms with Crippen LogP contribution in [0, 0.1) is 5.92 Å². The van der Waals surface area contributed by atoms with Crippen molar-refractivity contribution in [2.24, 2.45) is 5.92 Å². The van der Waals surface area contributed by atoms with Gasteiger partial charge in [0, 0.05) is 18.6 Å². The molecular formula is C18H25NO. The van der Waals surface area contributed by atoms with Crippen molar-refractivity contribution in [3.05, 3.63) is 34.9 Å². The van der Waals surface area contributed by atoms with Crippen molar-refractivity contribution in [2.75, 3.05) is 13.7 Å². The van der Waals surface area contributed by atoms with Crippen LogP contribution in [0.5, 0.6) is 0 Å². The number of hydrogen-bond donors (Lipinski definition) is 1. The molecule has 2 aliphatic carbocycles. The molecule has 0 radical (unpaired) electrons. The Hall–Kier alpha value is -0.860. The van der Waals surface area contributed by atoms with Gasteiger partial charge in [-0.15, -0.1) is 0 Å². The summed E-state index contributed by atoms with van der Waals surface area (Å²) in [5.74, 6) is 0.871. The van der Waals surface area contributed by atoms with E-state index in [1.54, 1.807) is 18.2 Å². The van der Waals surface area contributed by atoms with E-state index in [0.717, 1.165) is 18.6 Å². The second-order valence-corrected chi connectivity index (χ2v) is 6.95. The topological polar surface area (TPSA) is 21.3 Å². The van der Waals surface area contributed by atoms with Gasteiger partial charge in [0.2, 0.25) is 0 Å². The third-order valence-electron chi connectivity index (χ3n) is 6.02. The predicted octanol–water partition coefficient (Wildman–Crippen LogP) is 3.18. The summed E-state index contributed by atoms with van der Waals surface area (Å²) in [7, 11) is 1.79. The maximum Gasteiger partial charge on any atom is 0.0713 e. The highest BCUT2D eigenvalue weighted by molar-refractivity contribution is 5.43. The zero-order chi connectivity index (χ0) is 13.6. The maximum absolute atomic E-state index is 5.34.